The summed E-state index contributed by atoms with van der Waals surface area (Å²) >= 11 is 0. The number of benzene rings is 2. The second-order valence-electron chi connectivity index (χ2n) is 4.99. The number of amides is 2. The molecular formula is C17H18F2N2O2. The lowest BCUT2D eigenvalue weighted by atomic mass is 10.1. The van der Waals surface area contributed by atoms with Crippen LogP contribution >= 0.6 is 0 Å². The maximum Gasteiger partial charge on any atom is 0.315 e. The van der Waals surface area contributed by atoms with Gasteiger partial charge < -0.3 is 15.7 Å². The zero-order valence-electron chi connectivity index (χ0n) is 12.5. The number of carbonyl (C=O) groups is 1. The van der Waals surface area contributed by atoms with Gasteiger partial charge in [-0.1, -0.05) is 30.3 Å². The molecule has 0 heterocycles. The summed E-state index contributed by atoms with van der Waals surface area (Å²) in [6, 6.07) is 10.4. The molecule has 23 heavy (non-hydrogen) atoms. The Labute approximate surface area is 133 Å². The van der Waals surface area contributed by atoms with Gasteiger partial charge in [-0.3, -0.25) is 0 Å². The van der Waals surface area contributed by atoms with E-state index in [2.05, 4.69) is 10.6 Å². The van der Waals surface area contributed by atoms with Crippen LogP contribution in [0.1, 0.15) is 16.7 Å². The molecule has 0 aliphatic heterocycles. The van der Waals surface area contributed by atoms with E-state index in [4.69, 9.17) is 0 Å². The molecule has 6 heteroatoms. The lowest BCUT2D eigenvalue weighted by molar-refractivity contribution is 0.240. The van der Waals surface area contributed by atoms with Gasteiger partial charge in [0.1, 0.15) is 11.6 Å². The highest BCUT2D eigenvalue weighted by atomic mass is 19.1. The van der Waals surface area contributed by atoms with Crippen molar-refractivity contribution in [3.63, 3.8) is 0 Å². The number of hydrogen-bond acceptors (Lipinski definition) is 2. The normalized spacial score (nSPS) is 10.4. The van der Waals surface area contributed by atoms with Crippen molar-refractivity contribution in [1.29, 1.82) is 0 Å². The van der Waals surface area contributed by atoms with Crippen LogP contribution in [0.2, 0.25) is 0 Å². The summed E-state index contributed by atoms with van der Waals surface area (Å²) in [4.78, 5) is 11.7. The van der Waals surface area contributed by atoms with Gasteiger partial charge in [0.15, 0.2) is 0 Å². The Hall–Kier alpha value is -2.47. The molecule has 0 saturated carbocycles. The molecule has 122 valence electrons. The molecule has 0 aromatic heterocycles. The van der Waals surface area contributed by atoms with E-state index < -0.39 is 17.7 Å². The SMILES string of the molecule is O=C(NCCc1c(F)cccc1F)NCc1ccccc1CO. The van der Waals surface area contributed by atoms with Gasteiger partial charge in [-0.25, -0.2) is 13.6 Å². The third-order valence-electron chi connectivity index (χ3n) is 3.45. The number of hydrogen-bond donors (Lipinski definition) is 3. The monoisotopic (exact) mass is 320 g/mol. The molecule has 0 unspecified atom stereocenters. The molecule has 2 aromatic carbocycles. The van der Waals surface area contributed by atoms with Gasteiger partial charge in [0, 0.05) is 18.7 Å². The van der Waals surface area contributed by atoms with Crippen LogP contribution in [0.5, 0.6) is 0 Å². The average molecular weight is 320 g/mol. The first kappa shape index (κ1) is 16.9. The van der Waals surface area contributed by atoms with Crippen LogP contribution in [0.3, 0.4) is 0 Å². The van der Waals surface area contributed by atoms with Crippen LogP contribution in [-0.2, 0) is 19.6 Å². The number of carbonyl (C=O) groups excluding carboxylic acids is 1. The average Bonchev–Trinajstić information content (AvgIpc) is 2.56. The van der Waals surface area contributed by atoms with E-state index in [-0.39, 0.29) is 31.7 Å². The van der Waals surface area contributed by atoms with E-state index in [9.17, 15) is 18.7 Å². The highest BCUT2D eigenvalue weighted by Gasteiger charge is 2.09. The summed E-state index contributed by atoms with van der Waals surface area (Å²) in [6.07, 6.45) is 0.0686. The van der Waals surface area contributed by atoms with Crippen molar-refractivity contribution in [3.8, 4) is 0 Å². The standard InChI is InChI=1S/C17H18F2N2O2/c18-15-6-3-7-16(19)14(15)8-9-20-17(23)21-10-12-4-1-2-5-13(12)11-22/h1-7,22H,8-11H2,(H2,20,21,23). The van der Waals surface area contributed by atoms with E-state index in [1.54, 1.807) is 18.2 Å². The predicted octanol–water partition coefficient (Wildman–Crippen LogP) is 2.50. The molecule has 0 radical (unpaired) electrons. The number of aliphatic hydroxyl groups excluding tert-OH is 1. The summed E-state index contributed by atoms with van der Waals surface area (Å²) in [5, 5.41) is 14.4. The van der Waals surface area contributed by atoms with Crippen LogP contribution in [0.4, 0.5) is 13.6 Å². The maximum atomic E-state index is 13.4. The molecule has 0 saturated heterocycles. The molecule has 3 N–H and O–H groups in total. The van der Waals surface area contributed by atoms with E-state index in [1.165, 1.54) is 18.2 Å². The molecule has 0 bridgehead atoms. The fourth-order valence-corrected chi connectivity index (χ4v) is 2.19. The quantitative estimate of drug-likeness (QED) is 0.766. The molecule has 2 amide bonds. The molecule has 0 aliphatic rings. The second kappa shape index (κ2) is 8.24. The van der Waals surface area contributed by atoms with Crippen LogP contribution in [0, 0.1) is 11.6 Å². The Bertz CT molecular complexity index is 657. The van der Waals surface area contributed by atoms with Crippen LogP contribution in [-0.4, -0.2) is 17.7 Å². The van der Waals surface area contributed by atoms with Gasteiger partial charge in [0.25, 0.3) is 0 Å². The zero-order chi connectivity index (χ0) is 16.7. The Morgan fingerprint density at radius 3 is 2.26 bits per heavy atom. The first-order chi connectivity index (χ1) is 11.1. The minimum atomic E-state index is -0.621. The van der Waals surface area contributed by atoms with Crippen molar-refractivity contribution in [1.82, 2.24) is 10.6 Å². The van der Waals surface area contributed by atoms with Gasteiger partial charge in [-0.05, 0) is 29.7 Å². The summed E-state index contributed by atoms with van der Waals surface area (Å²) in [5.41, 5.74) is 1.50. The molecule has 2 rings (SSSR count). The lowest BCUT2D eigenvalue weighted by Crippen LogP contribution is -2.36. The minimum absolute atomic E-state index is 0.0431. The summed E-state index contributed by atoms with van der Waals surface area (Å²) in [7, 11) is 0. The molecule has 0 aliphatic carbocycles. The Kier molecular flexibility index (Phi) is 6.05. The largest absolute Gasteiger partial charge is 0.392 e. The highest BCUT2D eigenvalue weighted by molar-refractivity contribution is 5.73. The van der Waals surface area contributed by atoms with Crippen molar-refractivity contribution >= 4 is 6.03 Å². The first-order valence-corrected chi connectivity index (χ1v) is 7.24. The van der Waals surface area contributed by atoms with Crippen molar-refractivity contribution in [3.05, 3.63) is 70.8 Å². The Morgan fingerprint density at radius 2 is 1.61 bits per heavy atom. The van der Waals surface area contributed by atoms with Crippen LogP contribution in [0.25, 0.3) is 0 Å². The summed E-state index contributed by atoms with van der Waals surface area (Å²) in [5.74, 6) is -1.24. The van der Waals surface area contributed by atoms with Crippen molar-refractivity contribution in [2.24, 2.45) is 0 Å². The smallest absolute Gasteiger partial charge is 0.315 e. The molecule has 0 spiro atoms. The topological polar surface area (TPSA) is 61.4 Å². The van der Waals surface area contributed by atoms with Crippen molar-refractivity contribution < 1.29 is 18.7 Å². The molecule has 2 aromatic rings. The number of rotatable bonds is 6. The van der Waals surface area contributed by atoms with Crippen LogP contribution in [0.15, 0.2) is 42.5 Å². The number of aliphatic hydroxyl groups is 1. The van der Waals surface area contributed by atoms with Gasteiger partial charge in [-0.2, -0.15) is 0 Å². The number of urea groups is 1. The van der Waals surface area contributed by atoms with Gasteiger partial charge in [0.2, 0.25) is 0 Å². The molecule has 0 fully saturated rings. The van der Waals surface area contributed by atoms with Crippen molar-refractivity contribution in [2.75, 3.05) is 6.54 Å². The van der Waals surface area contributed by atoms with E-state index in [0.29, 0.717) is 0 Å². The predicted molar refractivity (Wildman–Crippen MR) is 82.7 cm³/mol. The highest BCUT2D eigenvalue weighted by Crippen LogP contribution is 2.12. The van der Waals surface area contributed by atoms with Gasteiger partial charge in [-0.15, -0.1) is 0 Å². The van der Waals surface area contributed by atoms with E-state index >= 15 is 0 Å². The summed E-state index contributed by atoms with van der Waals surface area (Å²) < 4.78 is 26.9. The van der Waals surface area contributed by atoms with Gasteiger partial charge >= 0.3 is 6.03 Å². The molecule has 4 nitrogen and oxygen atoms in total. The van der Waals surface area contributed by atoms with E-state index in [0.717, 1.165) is 11.1 Å². The Balaban J connectivity index is 1.79. The fourth-order valence-electron chi connectivity index (χ4n) is 2.19. The number of halogens is 2. The zero-order valence-corrected chi connectivity index (χ0v) is 12.5. The summed E-state index contributed by atoms with van der Waals surface area (Å²) in [6.45, 7) is 0.272. The molecular weight excluding hydrogens is 302 g/mol. The molecule has 0 atom stereocenters. The Morgan fingerprint density at radius 1 is 0.957 bits per heavy atom. The minimum Gasteiger partial charge on any atom is -0.392 e. The first-order valence-electron chi connectivity index (χ1n) is 7.24. The third kappa shape index (κ3) is 4.75. The second-order valence-corrected chi connectivity index (χ2v) is 4.99. The van der Waals surface area contributed by atoms with Crippen LogP contribution < -0.4 is 10.6 Å². The third-order valence-corrected chi connectivity index (χ3v) is 3.45. The maximum absolute atomic E-state index is 13.4. The van der Waals surface area contributed by atoms with Gasteiger partial charge in [0.05, 0.1) is 6.61 Å². The lowest BCUT2D eigenvalue weighted by Gasteiger charge is -2.10. The van der Waals surface area contributed by atoms with Crippen molar-refractivity contribution in [2.45, 2.75) is 19.6 Å². The number of nitrogens with one attached hydrogen (secondary N) is 2. The van der Waals surface area contributed by atoms with E-state index in [1.807, 2.05) is 6.07 Å². The fraction of sp³-hybridized carbons (Fsp3) is 0.235.